The van der Waals surface area contributed by atoms with Gasteiger partial charge in [-0.2, -0.15) is 0 Å². The monoisotopic (exact) mass is 266 g/mol. The number of aryl methyl sites for hydroxylation is 1. The Labute approximate surface area is 118 Å². The van der Waals surface area contributed by atoms with Gasteiger partial charge in [0, 0.05) is 17.3 Å². The summed E-state index contributed by atoms with van der Waals surface area (Å²) in [6, 6.07) is 16.4. The normalized spacial score (nSPS) is 17.3. The average molecular weight is 266 g/mol. The number of fused-ring (bicyclic) bond motifs is 1. The Bertz CT molecular complexity index is 636. The number of rotatable bonds is 3. The summed E-state index contributed by atoms with van der Waals surface area (Å²) in [5, 5.41) is 3.51. The fourth-order valence-corrected chi connectivity index (χ4v) is 2.82. The summed E-state index contributed by atoms with van der Waals surface area (Å²) >= 11 is 0. The Hall–Kier alpha value is -2.29. The average Bonchev–Trinajstić information content (AvgIpc) is 2.47. The number of hydrogen-bond donors (Lipinski definition) is 2. The number of nitrogens with one attached hydrogen (secondary N) is 1. The van der Waals surface area contributed by atoms with E-state index in [-0.39, 0.29) is 5.91 Å². The largest absolute Gasteiger partial charge is 0.382 e. The van der Waals surface area contributed by atoms with E-state index in [1.165, 1.54) is 11.1 Å². The molecule has 0 fully saturated rings. The molecule has 0 saturated carbocycles. The minimum Gasteiger partial charge on any atom is -0.382 e. The van der Waals surface area contributed by atoms with Gasteiger partial charge in [0.2, 0.25) is 5.91 Å². The van der Waals surface area contributed by atoms with Crippen LogP contribution in [0.3, 0.4) is 0 Å². The van der Waals surface area contributed by atoms with Crippen LogP contribution in [-0.2, 0) is 12.8 Å². The summed E-state index contributed by atoms with van der Waals surface area (Å²) in [6.07, 6.45) is 3.23. The smallest absolute Gasteiger partial charge is 0.248 e. The highest BCUT2D eigenvalue weighted by Crippen LogP contribution is 2.23. The van der Waals surface area contributed by atoms with Gasteiger partial charge in [0.1, 0.15) is 0 Å². The van der Waals surface area contributed by atoms with Crippen LogP contribution in [0.5, 0.6) is 0 Å². The second-order valence-corrected chi connectivity index (χ2v) is 5.30. The molecule has 3 nitrogen and oxygen atoms in total. The number of carbonyl (C=O) groups excluding carboxylic acids is 1. The first kappa shape index (κ1) is 12.7. The van der Waals surface area contributed by atoms with Gasteiger partial charge in [-0.25, -0.2) is 0 Å². The highest BCUT2D eigenvalue weighted by Gasteiger charge is 2.18. The van der Waals surface area contributed by atoms with Crippen LogP contribution in [0.4, 0.5) is 5.69 Å². The van der Waals surface area contributed by atoms with Gasteiger partial charge in [-0.3, -0.25) is 4.79 Å². The summed E-state index contributed by atoms with van der Waals surface area (Å²) in [4.78, 5) is 11.2. The molecule has 1 unspecified atom stereocenters. The van der Waals surface area contributed by atoms with Crippen LogP contribution in [0.2, 0.25) is 0 Å². The maximum absolute atomic E-state index is 11.2. The molecule has 2 aromatic carbocycles. The minimum absolute atomic E-state index is 0.386. The summed E-state index contributed by atoms with van der Waals surface area (Å²) in [5.74, 6) is -0.386. The van der Waals surface area contributed by atoms with E-state index in [4.69, 9.17) is 5.73 Å². The van der Waals surface area contributed by atoms with E-state index in [1.54, 1.807) is 6.07 Å². The van der Waals surface area contributed by atoms with Gasteiger partial charge in [-0.15, -0.1) is 0 Å². The maximum atomic E-state index is 11.2. The van der Waals surface area contributed by atoms with E-state index in [0.717, 1.165) is 24.9 Å². The van der Waals surface area contributed by atoms with E-state index >= 15 is 0 Å². The van der Waals surface area contributed by atoms with Crippen molar-refractivity contribution in [3.05, 3.63) is 65.2 Å². The van der Waals surface area contributed by atoms with Crippen molar-refractivity contribution in [2.24, 2.45) is 5.73 Å². The number of nitrogens with two attached hydrogens (primary N) is 1. The van der Waals surface area contributed by atoms with Crippen LogP contribution in [-0.4, -0.2) is 11.9 Å². The van der Waals surface area contributed by atoms with E-state index in [2.05, 4.69) is 29.6 Å². The molecule has 0 radical (unpaired) electrons. The Kier molecular flexibility index (Phi) is 3.42. The van der Waals surface area contributed by atoms with Crippen molar-refractivity contribution in [3.63, 3.8) is 0 Å². The van der Waals surface area contributed by atoms with Crippen LogP contribution in [0.15, 0.2) is 48.5 Å². The number of anilines is 1. The molecule has 0 aromatic heterocycles. The SMILES string of the molecule is NC(=O)c1cccc(NC2CCc3ccccc3C2)c1. The Morgan fingerprint density at radius 1 is 1.10 bits per heavy atom. The molecule has 1 atom stereocenters. The van der Waals surface area contributed by atoms with Crippen molar-refractivity contribution < 1.29 is 4.79 Å². The topological polar surface area (TPSA) is 55.1 Å². The quantitative estimate of drug-likeness (QED) is 0.897. The van der Waals surface area contributed by atoms with E-state index in [9.17, 15) is 4.79 Å². The number of primary amides is 1. The third-order valence-electron chi connectivity index (χ3n) is 3.86. The van der Waals surface area contributed by atoms with E-state index in [0.29, 0.717) is 11.6 Å². The number of hydrogen-bond acceptors (Lipinski definition) is 2. The standard InChI is InChI=1S/C17H18N2O/c18-17(20)14-6-3-7-15(11-14)19-16-9-8-12-4-1-2-5-13(12)10-16/h1-7,11,16,19H,8-10H2,(H2,18,20). The van der Waals surface area contributed by atoms with Crippen molar-refractivity contribution >= 4 is 11.6 Å². The summed E-state index contributed by atoms with van der Waals surface area (Å²) in [5.41, 5.74) is 9.70. The second kappa shape index (κ2) is 5.37. The molecule has 20 heavy (non-hydrogen) atoms. The molecular weight excluding hydrogens is 248 g/mol. The molecule has 102 valence electrons. The first-order chi connectivity index (χ1) is 9.72. The highest BCUT2D eigenvalue weighted by atomic mass is 16.1. The van der Waals surface area contributed by atoms with Crippen LogP contribution >= 0.6 is 0 Å². The molecular formula is C17H18N2O. The van der Waals surface area contributed by atoms with Gasteiger partial charge >= 0.3 is 0 Å². The van der Waals surface area contributed by atoms with Crippen molar-refractivity contribution in [3.8, 4) is 0 Å². The predicted molar refractivity (Wildman–Crippen MR) is 80.8 cm³/mol. The lowest BCUT2D eigenvalue weighted by Crippen LogP contribution is -2.27. The minimum atomic E-state index is -0.386. The van der Waals surface area contributed by atoms with Gasteiger partial charge in [0.15, 0.2) is 0 Å². The van der Waals surface area contributed by atoms with Crippen LogP contribution < -0.4 is 11.1 Å². The van der Waals surface area contributed by atoms with Crippen LogP contribution in [0.25, 0.3) is 0 Å². The van der Waals surface area contributed by atoms with Gasteiger partial charge in [0.25, 0.3) is 0 Å². The lowest BCUT2D eigenvalue weighted by Gasteiger charge is -2.26. The molecule has 3 N–H and O–H groups in total. The molecule has 0 bridgehead atoms. The zero-order chi connectivity index (χ0) is 13.9. The fraction of sp³-hybridized carbons (Fsp3) is 0.235. The third-order valence-corrected chi connectivity index (χ3v) is 3.86. The Morgan fingerprint density at radius 3 is 2.70 bits per heavy atom. The van der Waals surface area contributed by atoms with Gasteiger partial charge in [-0.05, 0) is 48.6 Å². The number of amides is 1. The molecule has 1 amide bonds. The zero-order valence-corrected chi connectivity index (χ0v) is 11.3. The molecule has 3 heteroatoms. The molecule has 0 heterocycles. The predicted octanol–water partition coefficient (Wildman–Crippen LogP) is 2.75. The molecule has 0 spiro atoms. The summed E-state index contributed by atoms with van der Waals surface area (Å²) in [7, 11) is 0. The lowest BCUT2D eigenvalue weighted by molar-refractivity contribution is 0.100. The van der Waals surface area contributed by atoms with E-state index in [1.807, 2.05) is 18.2 Å². The third kappa shape index (κ3) is 2.67. The lowest BCUT2D eigenvalue weighted by atomic mass is 9.88. The van der Waals surface area contributed by atoms with Crippen molar-refractivity contribution in [2.45, 2.75) is 25.3 Å². The molecule has 1 aliphatic rings. The highest BCUT2D eigenvalue weighted by molar-refractivity contribution is 5.93. The van der Waals surface area contributed by atoms with Crippen molar-refractivity contribution in [2.75, 3.05) is 5.32 Å². The molecule has 0 aliphatic heterocycles. The van der Waals surface area contributed by atoms with Gasteiger partial charge < -0.3 is 11.1 Å². The van der Waals surface area contributed by atoms with E-state index < -0.39 is 0 Å². The molecule has 2 aromatic rings. The zero-order valence-electron chi connectivity index (χ0n) is 11.3. The Balaban J connectivity index is 1.73. The maximum Gasteiger partial charge on any atom is 0.248 e. The first-order valence-corrected chi connectivity index (χ1v) is 6.95. The van der Waals surface area contributed by atoms with Gasteiger partial charge in [-0.1, -0.05) is 30.3 Å². The molecule has 1 aliphatic carbocycles. The summed E-state index contributed by atoms with van der Waals surface area (Å²) in [6.45, 7) is 0. The number of carbonyl (C=O) groups is 1. The first-order valence-electron chi connectivity index (χ1n) is 6.95. The summed E-state index contributed by atoms with van der Waals surface area (Å²) < 4.78 is 0. The molecule has 0 saturated heterocycles. The fourth-order valence-electron chi connectivity index (χ4n) is 2.82. The molecule has 3 rings (SSSR count). The number of benzene rings is 2. The second-order valence-electron chi connectivity index (χ2n) is 5.30. The Morgan fingerprint density at radius 2 is 1.90 bits per heavy atom. The van der Waals surface area contributed by atoms with Gasteiger partial charge in [0.05, 0.1) is 0 Å². The van der Waals surface area contributed by atoms with Crippen LogP contribution in [0.1, 0.15) is 27.9 Å². The van der Waals surface area contributed by atoms with Crippen molar-refractivity contribution in [1.82, 2.24) is 0 Å². The van der Waals surface area contributed by atoms with Crippen LogP contribution in [0, 0.1) is 0 Å². The van der Waals surface area contributed by atoms with Crippen molar-refractivity contribution in [1.29, 1.82) is 0 Å².